The van der Waals surface area contributed by atoms with Crippen molar-refractivity contribution in [2.45, 2.75) is 37.8 Å². The summed E-state index contributed by atoms with van der Waals surface area (Å²) in [7, 11) is 2.16. The van der Waals surface area contributed by atoms with E-state index >= 15 is 0 Å². The zero-order valence-corrected chi connectivity index (χ0v) is 12.5. The molecule has 1 heterocycles. The topological polar surface area (TPSA) is 26.7 Å². The normalized spacial score (nSPS) is 26.9. The standard InChI is InChI=1S/C17H26N2O/c1-18(12-13-19-10-4-5-11-19)16-9-8-14-6-2-3-7-15(14)17(16)20/h2-3,6-7,16-17,20H,4-5,8-13H2,1H3. The molecule has 0 bridgehead atoms. The zero-order valence-electron chi connectivity index (χ0n) is 12.5. The van der Waals surface area contributed by atoms with Gasteiger partial charge < -0.3 is 10.0 Å². The lowest BCUT2D eigenvalue weighted by Crippen LogP contribution is -2.43. The molecule has 3 heteroatoms. The van der Waals surface area contributed by atoms with Gasteiger partial charge in [0.15, 0.2) is 0 Å². The van der Waals surface area contributed by atoms with Gasteiger partial charge >= 0.3 is 0 Å². The maximum absolute atomic E-state index is 10.6. The molecule has 110 valence electrons. The van der Waals surface area contributed by atoms with Crippen molar-refractivity contribution in [3.05, 3.63) is 35.4 Å². The first-order valence-corrected chi connectivity index (χ1v) is 7.94. The molecule has 1 N–H and O–H groups in total. The number of rotatable bonds is 4. The predicted octanol–water partition coefficient (Wildman–Crippen LogP) is 2.06. The summed E-state index contributed by atoms with van der Waals surface area (Å²) in [4.78, 5) is 4.90. The van der Waals surface area contributed by atoms with Gasteiger partial charge in [0, 0.05) is 19.1 Å². The van der Waals surface area contributed by atoms with E-state index < -0.39 is 0 Å². The van der Waals surface area contributed by atoms with Crippen LogP contribution in [-0.2, 0) is 6.42 Å². The highest BCUT2D eigenvalue weighted by Crippen LogP contribution is 2.32. The molecule has 0 saturated carbocycles. The molecule has 1 aromatic rings. The third kappa shape index (κ3) is 2.90. The highest BCUT2D eigenvalue weighted by Gasteiger charge is 2.30. The largest absolute Gasteiger partial charge is 0.387 e. The van der Waals surface area contributed by atoms with Gasteiger partial charge in [0.25, 0.3) is 0 Å². The van der Waals surface area contributed by atoms with E-state index in [1.54, 1.807) is 0 Å². The van der Waals surface area contributed by atoms with Gasteiger partial charge in [-0.1, -0.05) is 24.3 Å². The minimum Gasteiger partial charge on any atom is -0.387 e. The van der Waals surface area contributed by atoms with Crippen LogP contribution in [0.3, 0.4) is 0 Å². The summed E-state index contributed by atoms with van der Waals surface area (Å²) in [6.45, 7) is 4.71. The Morgan fingerprint density at radius 1 is 1.25 bits per heavy atom. The van der Waals surface area contributed by atoms with Crippen LogP contribution in [0.2, 0.25) is 0 Å². The van der Waals surface area contributed by atoms with Gasteiger partial charge in [0.1, 0.15) is 0 Å². The molecule has 3 nitrogen and oxygen atoms in total. The molecular formula is C17H26N2O. The lowest BCUT2D eigenvalue weighted by molar-refractivity contribution is 0.0461. The predicted molar refractivity (Wildman–Crippen MR) is 81.8 cm³/mol. The van der Waals surface area contributed by atoms with Crippen LogP contribution in [0.5, 0.6) is 0 Å². The maximum atomic E-state index is 10.6. The summed E-state index contributed by atoms with van der Waals surface area (Å²) < 4.78 is 0. The smallest absolute Gasteiger partial charge is 0.0947 e. The first kappa shape index (κ1) is 14.1. The lowest BCUT2D eigenvalue weighted by atomic mass is 9.85. The number of fused-ring (bicyclic) bond motifs is 1. The number of likely N-dealkylation sites (N-methyl/N-ethyl adjacent to an activating group) is 1. The zero-order chi connectivity index (χ0) is 13.9. The third-order valence-corrected chi connectivity index (χ3v) is 4.98. The van der Waals surface area contributed by atoms with E-state index in [9.17, 15) is 5.11 Å². The molecule has 3 rings (SSSR count). The molecule has 1 aliphatic heterocycles. The Balaban J connectivity index is 1.59. The fraction of sp³-hybridized carbons (Fsp3) is 0.647. The summed E-state index contributed by atoms with van der Waals surface area (Å²) in [5.74, 6) is 0. The molecule has 1 saturated heterocycles. The van der Waals surface area contributed by atoms with E-state index in [1.807, 2.05) is 6.07 Å². The molecule has 1 fully saturated rings. The van der Waals surface area contributed by atoms with E-state index in [1.165, 1.54) is 31.5 Å². The average molecular weight is 274 g/mol. The summed E-state index contributed by atoms with van der Waals surface area (Å²) >= 11 is 0. The second kappa shape index (κ2) is 6.25. The van der Waals surface area contributed by atoms with Crippen LogP contribution in [-0.4, -0.2) is 54.2 Å². The number of aryl methyl sites for hydroxylation is 1. The highest BCUT2D eigenvalue weighted by molar-refractivity contribution is 5.32. The van der Waals surface area contributed by atoms with E-state index in [-0.39, 0.29) is 12.1 Å². The van der Waals surface area contributed by atoms with Crippen molar-refractivity contribution in [1.82, 2.24) is 9.80 Å². The molecule has 2 atom stereocenters. The van der Waals surface area contributed by atoms with Crippen LogP contribution < -0.4 is 0 Å². The SMILES string of the molecule is CN(CCN1CCCC1)C1CCc2ccccc2C1O. The number of benzene rings is 1. The Labute approximate surface area is 122 Å². The molecular weight excluding hydrogens is 248 g/mol. The third-order valence-electron chi connectivity index (χ3n) is 4.98. The number of aliphatic hydroxyl groups is 1. The fourth-order valence-corrected chi connectivity index (χ4v) is 3.65. The van der Waals surface area contributed by atoms with E-state index in [0.717, 1.165) is 31.5 Å². The van der Waals surface area contributed by atoms with Crippen LogP contribution in [0.15, 0.2) is 24.3 Å². The Bertz CT molecular complexity index is 442. The average Bonchev–Trinajstić information content (AvgIpc) is 2.99. The van der Waals surface area contributed by atoms with E-state index in [4.69, 9.17) is 0 Å². The van der Waals surface area contributed by atoms with Gasteiger partial charge in [-0.05, 0) is 56.9 Å². The molecule has 1 aliphatic carbocycles. The Morgan fingerprint density at radius 3 is 2.80 bits per heavy atom. The monoisotopic (exact) mass is 274 g/mol. The first-order chi connectivity index (χ1) is 9.75. The van der Waals surface area contributed by atoms with Gasteiger partial charge in [-0.3, -0.25) is 4.90 Å². The van der Waals surface area contributed by atoms with Crippen molar-refractivity contribution in [2.24, 2.45) is 0 Å². The fourth-order valence-electron chi connectivity index (χ4n) is 3.65. The summed E-state index contributed by atoms with van der Waals surface area (Å²) in [5.41, 5.74) is 2.46. The molecule has 1 aromatic carbocycles. The van der Waals surface area contributed by atoms with Crippen molar-refractivity contribution in [3.63, 3.8) is 0 Å². The number of nitrogens with zero attached hydrogens (tertiary/aromatic N) is 2. The maximum Gasteiger partial charge on any atom is 0.0947 e. The van der Waals surface area contributed by atoms with Crippen LogP contribution in [0.25, 0.3) is 0 Å². The summed E-state index contributed by atoms with van der Waals surface area (Å²) in [6.07, 6.45) is 4.52. The molecule has 0 amide bonds. The van der Waals surface area contributed by atoms with Crippen molar-refractivity contribution in [1.29, 1.82) is 0 Å². The molecule has 2 unspecified atom stereocenters. The lowest BCUT2D eigenvalue weighted by Gasteiger charge is -2.37. The number of aliphatic hydroxyl groups excluding tert-OH is 1. The minimum absolute atomic E-state index is 0.271. The van der Waals surface area contributed by atoms with Crippen LogP contribution >= 0.6 is 0 Å². The Hall–Kier alpha value is -0.900. The second-order valence-corrected chi connectivity index (χ2v) is 6.28. The highest BCUT2D eigenvalue weighted by atomic mass is 16.3. The number of hydrogen-bond donors (Lipinski definition) is 1. The number of likely N-dealkylation sites (tertiary alicyclic amines) is 1. The molecule has 2 aliphatic rings. The molecule has 0 aromatic heterocycles. The van der Waals surface area contributed by atoms with Crippen LogP contribution in [0.1, 0.15) is 36.5 Å². The molecule has 20 heavy (non-hydrogen) atoms. The van der Waals surface area contributed by atoms with Crippen LogP contribution in [0.4, 0.5) is 0 Å². The minimum atomic E-state index is -0.330. The summed E-state index contributed by atoms with van der Waals surface area (Å²) in [5, 5.41) is 10.6. The Morgan fingerprint density at radius 2 is 2.00 bits per heavy atom. The van der Waals surface area contributed by atoms with Crippen LogP contribution in [0, 0.1) is 0 Å². The Kier molecular flexibility index (Phi) is 4.39. The van der Waals surface area contributed by atoms with Crippen molar-refractivity contribution in [3.8, 4) is 0 Å². The summed E-state index contributed by atoms with van der Waals surface area (Å²) in [6, 6.07) is 8.62. The first-order valence-electron chi connectivity index (χ1n) is 7.94. The molecule has 0 radical (unpaired) electrons. The van der Waals surface area contributed by atoms with Gasteiger partial charge in [-0.25, -0.2) is 0 Å². The van der Waals surface area contributed by atoms with Crippen molar-refractivity contribution in [2.75, 3.05) is 33.2 Å². The van der Waals surface area contributed by atoms with E-state index in [2.05, 4.69) is 35.0 Å². The van der Waals surface area contributed by atoms with Crippen molar-refractivity contribution < 1.29 is 5.11 Å². The van der Waals surface area contributed by atoms with Gasteiger partial charge in [0.2, 0.25) is 0 Å². The van der Waals surface area contributed by atoms with Crippen molar-refractivity contribution >= 4 is 0 Å². The van der Waals surface area contributed by atoms with Gasteiger partial charge in [0.05, 0.1) is 6.10 Å². The number of hydrogen-bond acceptors (Lipinski definition) is 3. The molecule has 0 spiro atoms. The van der Waals surface area contributed by atoms with Gasteiger partial charge in [-0.2, -0.15) is 0 Å². The van der Waals surface area contributed by atoms with E-state index in [0.29, 0.717) is 0 Å². The quantitative estimate of drug-likeness (QED) is 0.910. The van der Waals surface area contributed by atoms with Gasteiger partial charge in [-0.15, -0.1) is 0 Å². The second-order valence-electron chi connectivity index (χ2n) is 6.28.